The molecule has 4 heteroatoms. The van der Waals surface area contributed by atoms with Crippen molar-refractivity contribution in [1.82, 2.24) is 0 Å². The number of benzene rings is 1. The predicted molar refractivity (Wildman–Crippen MR) is 90.8 cm³/mol. The third-order valence-corrected chi connectivity index (χ3v) is 5.75. The van der Waals surface area contributed by atoms with Crippen LogP contribution in [-0.4, -0.2) is 26.2 Å². The monoisotopic (exact) mass is 330 g/mol. The van der Waals surface area contributed by atoms with Gasteiger partial charge in [0, 0.05) is 5.92 Å². The Hall–Kier alpha value is -1.84. The van der Waals surface area contributed by atoms with Gasteiger partial charge in [0.1, 0.15) is 0 Å². The molecule has 0 amide bonds. The average Bonchev–Trinajstić information content (AvgIpc) is 2.60. The molecule has 4 nitrogen and oxygen atoms in total. The summed E-state index contributed by atoms with van der Waals surface area (Å²) in [5, 5.41) is 0. The molecule has 3 rings (SSSR count). The molecule has 0 radical (unpaired) electrons. The summed E-state index contributed by atoms with van der Waals surface area (Å²) in [6, 6.07) is 4.33. The van der Waals surface area contributed by atoms with Crippen LogP contribution in [-0.2, 0) is 38.3 Å². The maximum absolute atomic E-state index is 12.4. The average molecular weight is 330 g/mol. The second kappa shape index (κ2) is 6.96. The summed E-state index contributed by atoms with van der Waals surface area (Å²) in [5.74, 6) is -0.779. The van der Waals surface area contributed by atoms with Gasteiger partial charge in [-0.2, -0.15) is 0 Å². The molecule has 3 atom stereocenters. The fourth-order valence-electron chi connectivity index (χ4n) is 4.58. The van der Waals surface area contributed by atoms with Gasteiger partial charge in [0.25, 0.3) is 0 Å². The van der Waals surface area contributed by atoms with E-state index in [1.54, 1.807) is 0 Å². The summed E-state index contributed by atoms with van der Waals surface area (Å²) in [4.78, 5) is 24.3. The van der Waals surface area contributed by atoms with Crippen LogP contribution in [0, 0.1) is 11.8 Å². The molecular weight excluding hydrogens is 304 g/mol. The van der Waals surface area contributed by atoms with Gasteiger partial charge in [-0.25, -0.2) is 0 Å². The van der Waals surface area contributed by atoms with Crippen molar-refractivity contribution < 1.29 is 19.1 Å². The Morgan fingerprint density at radius 3 is 2.54 bits per heavy atom. The van der Waals surface area contributed by atoms with Crippen LogP contribution in [0.25, 0.3) is 0 Å². The Balaban J connectivity index is 2.07. The molecule has 0 fully saturated rings. The highest BCUT2D eigenvalue weighted by atomic mass is 16.5. The van der Waals surface area contributed by atoms with Gasteiger partial charge >= 0.3 is 11.9 Å². The van der Waals surface area contributed by atoms with Gasteiger partial charge in [-0.05, 0) is 60.3 Å². The summed E-state index contributed by atoms with van der Waals surface area (Å²) >= 11 is 0. The van der Waals surface area contributed by atoms with E-state index in [-0.39, 0.29) is 36.1 Å². The first kappa shape index (κ1) is 17.0. The lowest BCUT2D eigenvalue weighted by Crippen LogP contribution is -2.37. The molecule has 0 bridgehead atoms. The number of ether oxygens (including phenoxy) is 2. The minimum Gasteiger partial charge on any atom is -0.469 e. The third-order valence-electron chi connectivity index (χ3n) is 5.75. The van der Waals surface area contributed by atoms with Crippen molar-refractivity contribution in [2.24, 2.45) is 11.8 Å². The molecule has 24 heavy (non-hydrogen) atoms. The molecule has 0 aliphatic heterocycles. The molecule has 0 aromatic heterocycles. The van der Waals surface area contributed by atoms with E-state index in [9.17, 15) is 9.59 Å². The van der Waals surface area contributed by atoms with E-state index in [0.29, 0.717) is 0 Å². The van der Waals surface area contributed by atoms with Gasteiger partial charge in [0.2, 0.25) is 0 Å². The van der Waals surface area contributed by atoms with Crippen molar-refractivity contribution in [2.75, 3.05) is 14.2 Å². The molecule has 2 aliphatic rings. The van der Waals surface area contributed by atoms with Crippen molar-refractivity contribution in [3.63, 3.8) is 0 Å². The van der Waals surface area contributed by atoms with Crippen molar-refractivity contribution in [3.8, 4) is 0 Å². The van der Waals surface area contributed by atoms with Crippen LogP contribution in [0.4, 0.5) is 0 Å². The zero-order valence-corrected chi connectivity index (χ0v) is 14.8. The molecule has 1 aromatic carbocycles. The Labute approximate surface area is 143 Å². The van der Waals surface area contributed by atoms with Crippen LogP contribution >= 0.6 is 0 Å². The van der Waals surface area contributed by atoms with Crippen molar-refractivity contribution in [3.05, 3.63) is 34.4 Å². The Kier molecular flexibility index (Phi) is 4.93. The van der Waals surface area contributed by atoms with E-state index in [4.69, 9.17) is 9.47 Å². The highest BCUT2D eigenvalue weighted by Crippen LogP contribution is 2.45. The lowest BCUT2D eigenvalue weighted by atomic mass is 9.66. The van der Waals surface area contributed by atoms with Crippen molar-refractivity contribution >= 4 is 11.9 Å². The van der Waals surface area contributed by atoms with Crippen molar-refractivity contribution in [2.45, 2.75) is 51.4 Å². The molecule has 0 unspecified atom stereocenters. The first-order chi connectivity index (χ1) is 11.6. The molecule has 0 saturated heterocycles. The van der Waals surface area contributed by atoms with Crippen LogP contribution in [0.3, 0.4) is 0 Å². The molecule has 0 N–H and O–H groups in total. The quantitative estimate of drug-likeness (QED) is 0.799. The van der Waals surface area contributed by atoms with E-state index in [1.807, 2.05) is 0 Å². The summed E-state index contributed by atoms with van der Waals surface area (Å²) in [5.41, 5.74) is 5.42. The number of carbonyl (C=O) groups excluding carboxylic acids is 2. The van der Waals surface area contributed by atoms with Gasteiger partial charge in [-0.1, -0.05) is 19.1 Å². The number of aryl methyl sites for hydroxylation is 1. The lowest BCUT2D eigenvalue weighted by molar-refractivity contribution is -0.150. The number of rotatable bonds is 3. The van der Waals surface area contributed by atoms with E-state index < -0.39 is 0 Å². The van der Waals surface area contributed by atoms with E-state index >= 15 is 0 Å². The van der Waals surface area contributed by atoms with Crippen molar-refractivity contribution in [1.29, 1.82) is 0 Å². The zero-order valence-electron chi connectivity index (χ0n) is 14.8. The fourth-order valence-corrected chi connectivity index (χ4v) is 4.58. The lowest BCUT2D eigenvalue weighted by Gasteiger charge is -2.38. The summed E-state index contributed by atoms with van der Waals surface area (Å²) in [6.45, 7) is 2.09. The second-order valence-electron chi connectivity index (χ2n) is 7.10. The maximum Gasteiger partial charge on any atom is 0.309 e. The molecule has 0 heterocycles. The van der Waals surface area contributed by atoms with Gasteiger partial charge in [-0.3, -0.25) is 9.59 Å². The number of esters is 2. The van der Waals surface area contributed by atoms with Crippen LogP contribution < -0.4 is 0 Å². The van der Waals surface area contributed by atoms with Gasteiger partial charge in [0.05, 0.1) is 26.6 Å². The highest BCUT2D eigenvalue weighted by molar-refractivity contribution is 5.78. The Bertz CT molecular complexity index is 649. The summed E-state index contributed by atoms with van der Waals surface area (Å²) < 4.78 is 9.93. The van der Waals surface area contributed by atoms with Crippen LogP contribution in [0.5, 0.6) is 0 Å². The molecule has 1 aromatic rings. The SMILES string of the molecule is COC(=O)C[C@@H]1c2ccc3c(c2C[C@H](C)[C@@H]1C(=O)OC)CCCC3. The molecule has 130 valence electrons. The smallest absolute Gasteiger partial charge is 0.309 e. The topological polar surface area (TPSA) is 52.6 Å². The third kappa shape index (κ3) is 2.94. The maximum atomic E-state index is 12.4. The van der Waals surface area contributed by atoms with E-state index in [0.717, 1.165) is 24.8 Å². The molecule has 0 spiro atoms. The fraction of sp³-hybridized carbons (Fsp3) is 0.600. The Morgan fingerprint density at radius 1 is 1.08 bits per heavy atom. The van der Waals surface area contributed by atoms with E-state index in [1.165, 1.54) is 43.8 Å². The van der Waals surface area contributed by atoms with Crippen LogP contribution in [0.1, 0.15) is 54.4 Å². The summed E-state index contributed by atoms with van der Waals surface area (Å²) in [7, 11) is 2.82. The zero-order chi connectivity index (χ0) is 17.3. The molecule has 0 saturated carbocycles. The highest BCUT2D eigenvalue weighted by Gasteiger charge is 2.42. The largest absolute Gasteiger partial charge is 0.469 e. The van der Waals surface area contributed by atoms with Gasteiger partial charge < -0.3 is 9.47 Å². The second-order valence-corrected chi connectivity index (χ2v) is 7.10. The minimum atomic E-state index is -0.289. The van der Waals surface area contributed by atoms with E-state index in [2.05, 4.69) is 19.1 Å². The van der Waals surface area contributed by atoms with Gasteiger partial charge in [0.15, 0.2) is 0 Å². The number of carbonyl (C=O) groups is 2. The standard InChI is InChI=1S/C20H26O4/c1-12-10-16-14-7-5-4-6-13(14)8-9-15(16)17(11-18(21)23-2)19(12)20(22)24-3/h8-9,12,17,19H,4-7,10-11H2,1-3H3/t12-,17+,19-/m0/s1. The minimum absolute atomic E-state index is 0.157. The number of methoxy groups -OCH3 is 2. The normalized spacial score (nSPS) is 25.4. The number of fused-ring (bicyclic) bond motifs is 3. The number of hydrogen-bond acceptors (Lipinski definition) is 4. The first-order valence-electron chi connectivity index (χ1n) is 8.85. The predicted octanol–water partition coefficient (Wildman–Crippen LogP) is 3.19. The first-order valence-corrected chi connectivity index (χ1v) is 8.85. The summed E-state index contributed by atoms with van der Waals surface area (Å²) in [6.07, 6.45) is 5.83. The number of hydrogen-bond donors (Lipinski definition) is 0. The Morgan fingerprint density at radius 2 is 1.83 bits per heavy atom. The van der Waals surface area contributed by atoms with Gasteiger partial charge in [-0.15, -0.1) is 0 Å². The molecule has 2 aliphatic carbocycles. The molecular formula is C20H26O4. The van der Waals surface area contributed by atoms with Crippen LogP contribution in [0.2, 0.25) is 0 Å². The van der Waals surface area contributed by atoms with Crippen LogP contribution in [0.15, 0.2) is 12.1 Å².